The summed E-state index contributed by atoms with van der Waals surface area (Å²) in [6.07, 6.45) is 1.16. The number of rotatable bonds is 5. The molecule has 0 aliphatic heterocycles. The summed E-state index contributed by atoms with van der Waals surface area (Å²) < 4.78 is 0. The number of hydrogen-bond donors (Lipinski definition) is 2. The topological polar surface area (TPSA) is 86.3 Å². The maximum absolute atomic E-state index is 12.6. The van der Waals surface area contributed by atoms with Gasteiger partial charge in [-0.25, -0.2) is 4.98 Å². The lowest BCUT2D eigenvalue weighted by molar-refractivity contribution is 0.00427. The van der Waals surface area contributed by atoms with Gasteiger partial charge in [0, 0.05) is 19.2 Å². The molecule has 0 spiro atoms. The Balaban J connectivity index is 2.32. The lowest BCUT2D eigenvalue weighted by Crippen LogP contribution is -2.43. The third kappa shape index (κ3) is 3.59. The Morgan fingerprint density at radius 3 is 2.61 bits per heavy atom. The van der Waals surface area contributed by atoms with E-state index in [4.69, 9.17) is 0 Å². The minimum atomic E-state index is -0.882. The SMILES string of the molecule is CCC(O)(CC)CN(C)C(=O)c1ccc2c(=O)[nH]c(C)nc2c1. The normalized spacial score (nSPS) is 11.7. The molecule has 124 valence electrons. The van der Waals surface area contributed by atoms with Gasteiger partial charge in [0.2, 0.25) is 0 Å². The van der Waals surface area contributed by atoms with Gasteiger partial charge < -0.3 is 15.0 Å². The molecule has 23 heavy (non-hydrogen) atoms. The predicted molar refractivity (Wildman–Crippen MR) is 89.6 cm³/mol. The highest BCUT2D eigenvalue weighted by molar-refractivity contribution is 5.97. The van der Waals surface area contributed by atoms with Crippen molar-refractivity contribution >= 4 is 16.8 Å². The average Bonchev–Trinajstić information content (AvgIpc) is 2.53. The van der Waals surface area contributed by atoms with Crippen molar-refractivity contribution in [2.45, 2.75) is 39.2 Å². The first-order valence-corrected chi connectivity index (χ1v) is 7.78. The van der Waals surface area contributed by atoms with Crippen LogP contribution in [0.25, 0.3) is 10.9 Å². The number of hydrogen-bond acceptors (Lipinski definition) is 4. The van der Waals surface area contributed by atoms with E-state index in [1.165, 1.54) is 4.90 Å². The average molecular weight is 317 g/mol. The summed E-state index contributed by atoms with van der Waals surface area (Å²) in [6.45, 7) is 5.76. The van der Waals surface area contributed by atoms with Crippen LogP contribution in [0, 0.1) is 6.92 Å². The van der Waals surface area contributed by atoms with Gasteiger partial charge >= 0.3 is 0 Å². The number of aliphatic hydroxyl groups is 1. The van der Waals surface area contributed by atoms with E-state index in [-0.39, 0.29) is 18.0 Å². The van der Waals surface area contributed by atoms with Gasteiger partial charge in [0.05, 0.1) is 16.5 Å². The van der Waals surface area contributed by atoms with Crippen molar-refractivity contribution in [3.63, 3.8) is 0 Å². The van der Waals surface area contributed by atoms with Gasteiger partial charge in [-0.2, -0.15) is 0 Å². The molecule has 1 heterocycles. The van der Waals surface area contributed by atoms with E-state index in [1.807, 2.05) is 13.8 Å². The lowest BCUT2D eigenvalue weighted by Gasteiger charge is -2.30. The molecule has 0 unspecified atom stereocenters. The van der Waals surface area contributed by atoms with Crippen LogP contribution in [-0.4, -0.2) is 45.1 Å². The lowest BCUT2D eigenvalue weighted by atomic mass is 9.96. The fourth-order valence-corrected chi connectivity index (χ4v) is 2.60. The highest BCUT2D eigenvalue weighted by atomic mass is 16.3. The Labute approximate surface area is 135 Å². The number of likely N-dealkylation sites (N-methyl/N-ethyl adjacent to an activating group) is 1. The number of H-pyrrole nitrogens is 1. The Morgan fingerprint density at radius 2 is 2.00 bits per heavy atom. The van der Waals surface area contributed by atoms with Crippen LogP contribution in [0.4, 0.5) is 0 Å². The molecule has 0 atom stereocenters. The smallest absolute Gasteiger partial charge is 0.258 e. The maximum Gasteiger partial charge on any atom is 0.258 e. The summed E-state index contributed by atoms with van der Waals surface area (Å²) in [5.41, 5.74) is -0.155. The van der Waals surface area contributed by atoms with E-state index < -0.39 is 5.60 Å². The molecule has 2 N–H and O–H groups in total. The summed E-state index contributed by atoms with van der Waals surface area (Å²) in [6, 6.07) is 4.84. The Kier molecular flexibility index (Phi) is 4.85. The largest absolute Gasteiger partial charge is 0.388 e. The van der Waals surface area contributed by atoms with Crippen LogP contribution in [0.5, 0.6) is 0 Å². The third-order valence-corrected chi connectivity index (χ3v) is 4.27. The van der Waals surface area contributed by atoms with Crippen LogP contribution in [0.2, 0.25) is 0 Å². The molecule has 0 aliphatic rings. The molecule has 6 heteroatoms. The van der Waals surface area contributed by atoms with Gasteiger partial charge in [0.25, 0.3) is 11.5 Å². The second kappa shape index (κ2) is 6.50. The highest BCUT2D eigenvalue weighted by Gasteiger charge is 2.26. The van der Waals surface area contributed by atoms with E-state index in [9.17, 15) is 14.7 Å². The third-order valence-electron chi connectivity index (χ3n) is 4.27. The molecular weight excluding hydrogens is 294 g/mol. The number of aromatic amines is 1. The maximum atomic E-state index is 12.6. The zero-order chi connectivity index (χ0) is 17.2. The molecule has 0 aliphatic carbocycles. The van der Waals surface area contributed by atoms with Crippen molar-refractivity contribution in [2.75, 3.05) is 13.6 Å². The second-order valence-electron chi connectivity index (χ2n) is 5.98. The van der Waals surface area contributed by atoms with Gasteiger partial charge in [-0.15, -0.1) is 0 Å². The molecule has 0 fully saturated rings. The Morgan fingerprint density at radius 1 is 1.35 bits per heavy atom. The fourth-order valence-electron chi connectivity index (χ4n) is 2.60. The molecule has 0 bridgehead atoms. The molecule has 2 rings (SSSR count). The number of amides is 1. The number of nitrogens with one attached hydrogen (secondary N) is 1. The van der Waals surface area contributed by atoms with Crippen LogP contribution in [-0.2, 0) is 0 Å². The molecule has 6 nitrogen and oxygen atoms in total. The molecule has 0 saturated heterocycles. The van der Waals surface area contributed by atoms with E-state index in [2.05, 4.69) is 9.97 Å². The van der Waals surface area contributed by atoms with Crippen molar-refractivity contribution in [2.24, 2.45) is 0 Å². The number of carbonyl (C=O) groups is 1. The van der Waals surface area contributed by atoms with Crippen LogP contribution < -0.4 is 5.56 Å². The fraction of sp³-hybridized carbons (Fsp3) is 0.471. The van der Waals surface area contributed by atoms with E-state index >= 15 is 0 Å². The summed E-state index contributed by atoms with van der Waals surface area (Å²) in [4.78, 5) is 32.8. The molecule has 1 aromatic heterocycles. The molecule has 1 aromatic carbocycles. The number of nitrogens with zero attached hydrogens (tertiary/aromatic N) is 2. The number of aryl methyl sites for hydroxylation is 1. The van der Waals surface area contributed by atoms with E-state index in [1.54, 1.807) is 32.2 Å². The zero-order valence-corrected chi connectivity index (χ0v) is 14.0. The first-order valence-electron chi connectivity index (χ1n) is 7.78. The predicted octanol–water partition coefficient (Wildman–Crippen LogP) is 1.85. The van der Waals surface area contributed by atoms with E-state index in [0.29, 0.717) is 35.1 Å². The summed E-state index contributed by atoms with van der Waals surface area (Å²) in [5, 5.41) is 10.8. The Hall–Kier alpha value is -2.21. The second-order valence-corrected chi connectivity index (χ2v) is 5.98. The van der Waals surface area contributed by atoms with Gasteiger partial charge in [-0.3, -0.25) is 9.59 Å². The van der Waals surface area contributed by atoms with E-state index in [0.717, 1.165) is 0 Å². The van der Waals surface area contributed by atoms with Crippen LogP contribution >= 0.6 is 0 Å². The van der Waals surface area contributed by atoms with Crippen molar-refractivity contribution in [1.29, 1.82) is 0 Å². The summed E-state index contributed by atoms with van der Waals surface area (Å²) in [5.74, 6) is 0.304. The van der Waals surface area contributed by atoms with Crippen molar-refractivity contribution in [3.05, 3.63) is 39.9 Å². The number of benzene rings is 1. The van der Waals surface area contributed by atoms with Gasteiger partial charge in [0.15, 0.2) is 0 Å². The number of aromatic nitrogens is 2. The summed E-state index contributed by atoms with van der Waals surface area (Å²) >= 11 is 0. The van der Waals surface area contributed by atoms with Gasteiger partial charge in [0.1, 0.15) is 5.82 Å². The van der Waals surface area contributed by atoms with Crippen LogP contribution in [0.1, 0.15) is 42.9 Å². The minimum absolute atomic E-state index is 0.202. The molecule has 0 saturated carbocycles. The molecule has 2 aromatic rings. The first-order chi connectivity index (χ1) is 10.8. The molecular formula is C17H23N3O3. The monoisotopic (exact) mass is 317 g/mol. The number of carbonyl (C=O) groups excluding carboxylic acids is 1. The van der Waals surface area contributed by atoms with Crippen LogP contribution in [0.3, 0.4) is 0 Å². The zero-order valence-electron chi connectivity index (χ0n) is 14.0. The minimum Gasteiger partial charge on any atom is -0.388 e. The first kappa shape index (κ1) is 17.1. The highest BCUT2D eigenvalue weighted by Crippen LogP contribution is 2.18. The Bertz CT molecular complexity index is 778. The van der Waals surface area contributed by atoms with Gasteiger partial charge in [-0.1, -0.05) is 13.8 Å². The van der Waals surface area contributed by atoms with Crippen molar-refractivity contribution in [3.8, 4) is 0 Å². The number of fused-ring (bicyclic) bond motifs is 1. The molecule has 0 radical (unpaired) electrons. The van der Waals surface area contributed by atoms with Gasteiger partial charge in [-0.05, 0) is 38.0 Å². The summed E-state index contributed by atoms with van der Waals surface area (Å²) in [7, 11) is 1.67. The van der Waals surface area contributed by atoms with Crippen molar-refractivity contribution in [1.82, 2.24) is 14.9 Å². The quantitative estimate of drug-likeness (QED) is 0.881. The van der Waals surface area contributed by atoms with Crippen LogP contribution in [0.15, 0.2) is 23.0 Å². The molecule has 1 amide bonds. The van der Waals surface area contributed by atoms with Crippen molar-refractivity contribution < 1.29 is 9.90 Å². The standard InChI is InChI=1S/C17H23N3O3/c1-5-17(23,6-2)10-20(4)16(22)12-7-8-13-14(9-12)18-11(3)19-15(13)21/h7-9,23H,5-6,10H2,1-4H3,(H,18,19,21).